The van der Waals surface area contributed by atoms with Crippen molar-refractivity contribution < 1.29 is 17.6 Å². The first-order valence-electron chi connectivity index (χ1n) is 8.01. The highest BCUT2D eigenvalue weighted by atomic mass is 32.2. The Morgan fingerprint density at radius 3 is 2.75 bits per heavy atom. The smallest absolute Gasteiger partial charge is 0.279 e. The maximum atomic E-state index is 13.3. The molecule has 0 aromatic heterocycles. The van der Waals surface area contributed by atoms with Crippen molar-refractivity contribution in [2.45, 2.75) is 27.2 Å². The Balaban J connectivity index is 1.94. The van der Waals surface area contributed by atoms with Gasteiger partial charge < -0.3 is 5.32 Å². The van der Waals surface area contributed by atoms with Gasteiger partial charge in [-0.25, -0.2) is 9.11 Å². The topological polar surface area (TPSA) is 78.5 Å². The first-order valence-corrected chi connectivity index (χ1v) is 9.45. The van der Waals surface area contributed by atoms with E-state index >= 15 is 0 Å². The Hall–Kier alpha value is -1.51. The Labute approximate surface area is 142 Å². The van der Waals surface area contributed by atoms with Crippen LogP contribution in [0.25, 0.3) is 0 Å². The summed E-state index contributed by atoms with van der Waals surface area (Å²) in [7, 11) is -3.55. The van der Waals surface area contributed by atoms with Crippen LogP contribution in [0.15, 0.2) is 18.2 Å². The molecule has 8 heteroatoms. The zero-order chi connectivity index (χ0) is 17.9. The summed E-state index contributed by atoms with van der Waals surface area (Å²) in [6.45, 7) is 6.30. The number of nitrogens with zero attached hydrogens (tertiary/aromatic N) is 1. The summed E-state index contributed by atoms with van der Waals surface area (Å²) in [5.74, 6) is -0.779. The summed E-state index contributed by atoms with van der Waals surface area (Å²) in [5, 5.41) is 2.73. The third-order valence-electron chi connectivity index (χ3n) is 3.96. The first kappa shape index (κ1) is 18.8. The van der Waals surface area contributed by atoms with Gasteiger partial charge in [0.15, 0.2) is 0 Å². The number of carbonyl (C=O) groups excluding carboxylic acids is 1. The van der Waals surface area contributed by atoms with Gasteiger partial charge in [-0.15, -0.1) is 0 Å². The van der Waals surface area contributed by atoms with Crippen LogP contribution in [0, 0.1) is 24.6 Å². The van der Waals surface area contributed by atoms with E-state index in [0.717, 1.165) is 0 Å². The van der Waals surface area contributed by atoms with Crippen molar-refractivity contribution >= 4 is 21.8 Å². The van der Waals surface area contributed by atoms with Gasteiger partial charge in [0.2, 0.25) is 5.91 Å². The minimum Gasteiger partial charge on any atom is -0.326 e. The quantitative estimate of drug-likeness (QED) is 0.816. The van der Waals surface area contributed by atoms with E-state index in [1.54, 1.807) is 13.0 Å². The van der Waals surface area contributed by atoms with E-state index in [-0.39, 0.29) is 24.2 Å². The molecule has 0 saturated carbocycles. The SMILES string of the molecule is Cc1cc(NC(=O)[C@H]2CCN(S(=O)(=O)NCC(C)C)C2)ccc1F. The van der Waals surface area contributed by atoms with Gasteiger partial charge in [0.05, 0.1) is 5.92 Å². The monoisotopic (exact) mass is 357 g/mol. The van der Waals surface area contributed by atoms with Crippen LogP contribution in [0.3, 0.4) is 0 Å². The van der Waals surface area contributed by atoms with E-state index in [1.165, 1.54) is 16.4 Å². The fraction of sp³-hybridized carbons (Fsp3) is 0.562. The van der Waals surface area contributed by atoms with Gasteiger partial charge in [0.1, 0.15) is 5.82 Å². The zero-order valence-electron chi connectivity index (χ0n) is 14.2. The number of nitrogens with one attached hydrogen (secondary N) is 2. The molecule has 1 aliphatic rings. The van der Waals surface area contributed by atoms with Crippen LogP contribution in [-0.4, -0.2) is 38.3 Å². The average molecular weight is 357 g/mol. The highest BCUT2D eigenvalue weighted by molar-refractivity contribution is 7.87. The molecule has 1 heterocycles. The van der Waals surface area contributed by atoms with Gasteiger partial charge >= 0.3 is 0 Å². The standard InChI is InChI=1S/C16H24FN3O3S/c1-11(2)9-18-24(22,23)20-7-6-13(10-20)16(21)19-14-4-5-15(17)12(3)8-14/h4-5,8,11,13,18H,6-7,9-10H2,1-3H3,(H,19,21)/t13-/m0/s1. The molecule has 1 aromatic carbocycles. The van der Waals surface area contributed by atoms with E-state index in [1.807, 2.05) is 13.8 Å². The maximum Gasteiger partial charge on any atom is 0.279 e. The van der Waals surface area contributed by atoms with Crippen molar-refractivity contribution in [2.24, 2.45) is 11.8 Å². The summed E-state index contributed by atoms with van der Waals surface area (Å²) in [6, 6.07) is 4.35. The van der Waals surface area contributed by atoms with Crippen LogP contribution in [0.4, 0.5) is 10.1 Å². The van der Waals surface area contributed by atoms with Crippen molar-refractivity contribution in [3.8, 4) is 0 Å². The predicted molar refractivity (Wildman–Crippen MR) is 91.2 cm³/mol. The number of anilines is 1. The molecule has 1 saturated heterocycles. The lowest BCUT2D eigenvalue weighted by Gasteiger charge is -2.18. The van der Waals surface area contributed by atoms with Gasteiger partial charge in [-0.3, -0.25) is 4.79 Å². The van der Waals surface area contributed by atoms with Gasteiger partial charge in [-0.2, -0.15) is 12.7 Å². The second-order valence-electron chi connectivity index (χ2n) is 6.54. The van der Waals surface area contributed by atoms with E-state index in [9.17, 15) is 17.6 Å². The molecule has 2 N–H and O–H groups in total. The minimum atomic E-state index is -3.55. The minimum absolute atomic E-state index is 0.152. The van der Waals surface area contributed by atoms with Crippen LogP contribution < -0.4 is 10.0 Å². The Morgan fingerprint density at radius 1 is 1.42 bits per heavy atom. The first-order chi connectivity index (χ1) is 11.2. The third kappa shape index (κ3) is 4.75. The Morgan fingerprint density at radius 2 is 2.12 bits per heavy atom. The lowest BCUT2D eigenvalue weighted by Crippen LogP contribution is -2.41. The lowest BCUT2D eigenvalue weighted by molar-refractivity contribution is -0.119. The number of hydrogen-bond donors (Lipinski definition) is 2. The molecule has 1 amide bonds. The summed E-state index contributed by atoms with van der Waals surface area (Å²) < 4.78 is 41.5. The van der Waals surface area contributed by atoms with Crippen molar-refractivity contribution in [3.63, 3.8) is 0 Å². The molecule has 0 bridgehead atoms. The summed E-state index contributed by atoms with van der Waals surface area (Å²) >= 11 is 0. The van der Waals surface area contributed by atoms with Crippen LogP contribution in [0.5, 0.6) is 0 Å². The molecule has 2 rings (SSSR count). The number of amides is 1. The summed E-state index contributed by atoms with van der Waals surface area (Å²) in [4.78, 5) is 12.3. The van der Waals surface area contributed by atoms with Crippen molar-refractivity contribution in [1.82, 2.24) is 9.03 Å². The highest BCUT2D eigenvalue weighted by Gasteiger charge is 2.34. The van der Waals surface area contributed by atoms with Crippen LogP contribution in [0.2, 0.25) is 0 Å². The molecule has 0 spiro atoms. The van der Waals surface area contributed by atoms with Gasteiger partial charge in [-0.05, 0) is 43.0 Å². The van der Waals surface area contributed by atoms with E-state index < -0.39 is 16.1 Å². The molecule has 1 fully saturated rings. The lowest BCUT2D eigenvalue weighted by atomic mass is 10.1. The summed E-state index contributed by atoms with van der Waals surface area (Å²) in [5.41, 5.74) is 0.958. The number of rotatable bonds is 6. The van der Waals surface area contributed by atoms with Crippen LogP contribution in [-0.2, 0) is 15.0 Å². The molecule has 1 atom stereocenters. The Bertz CT molecular complexity index is 707. The van der Waals surface area contributed by atoms with E-state index in [0.29, 0.717) is 30.8 Å². The molecule has 1 aromatic rings. The van der Waals surface area contributed by atoms with Crippen LogP contribution >= 0.6 is 0 Å². The number of hydrogen-bond acceptors (Lipinski definition) is 3. The van der Waals surface area contributed by atoms with Crippen LogP contribution in [0.1, 0.15) is 25.8 Å². The predicted octanol–water partition coefficient (Wildman–Crippen LogP) is 1.88. The number of benzene rings is 1. The van der Waals surface area contributed by atoms with Crippen molar-refractivity contribution in [3.05, 3.63) is 29.6 Å². The van der Waals surface area contributed by atoms with Gasteiger partial charge in [0, 0.05) is 25.3 Å². The average Bonchev–Trinajstić information content (AvgIpc) is 3.00. The third-order valence-corrected chi connectivity index (χ3v) is 5.50. The number of aryl methyl sites for hydroxylation is 1. The normalized spacial score (nSPS) is 19.0. The fourth-order valence-electron chi connectivity index (χ4n) is 2.49. The molecule has 0 radical (unpaired) electrons. The Kier molecular flexibility index (Phi) is 5.95. The van der Waals surface area contributed by atoms with E-state index in [4.69, 9.17) is 0 Å². The maximum absolute atomic E-state index is 13.3. The van der Waals surface area contributed by atoms with Crippen molar-refractivity contribution in [1.29, 1.82) is 0 Å². The molecule has 24 heavy (non-hydrogen) atoms. The number of halogens is 1. The molecule has 0 unspecified atom stereocenters. The van der Waals surface area contributed by atoms with Gasteiger partial charge in [0.25, 0.3) is 10.2 Å². The van der Waals surface area contributed by atoms with Crippen molar-refractivity contribution in [2.75, 3.05) is 25.0 Å². The number of carbonyl (C=O) groups is 1. The highest BCUT2D eigenvalue weighted by Crippen LogP contribution is 2.21. The molecule has 1 aliphatic heterocycles. The fourth-order valence-corrected chi connectivity index (χ4v) is 3.94. The largest absolute Gasteiger partial charge is 0.326 e. The second-order valence-corrected chi connectivity index (χ2v) is 8.30. The molecular weight excluding hydrogens is 333 g/mol. The second kappa shape index (κ2) is 7.58. The molecular formula is C16H24FN3O3S. The zero-order valence-corrected chi connectivity index (χ0v) is 15.0. The van der Waals surface area contributed by atoms with E-state index in [2.05, 4.69) is 10.0 Å². The van der Waals surface area contributed by atoms with Gasteiger partial charge in [-0.1, -0.05) is 13.8 Å². The molecule has 134 valence electrons. The molecule has 6 nitrogen and oxygen atoms in total. The molecule has 0 aliphatic carbocycles. The summed E-state index contributed by atoms with van der Waals surface area (Å²) in [6.07, 6.45) is 0.467.